The fourth-order valence-corrected chi connectivity index (χ4v) is 3.77. The van der Waals surface area contributed by atoms with E-state index in [-0.39, 0.29) is 24.9 Å². The van der Waals surface area contributed by atoms with Crippen LogP contribution in [0.1, 0.15) is 32.8 Å². The Morgan fingerprint density at radius 2 is 2.08 bits per heavy atom. The minimum atomic E-state index is -1.30. The number of carboxylic acid groups (broad SMARTS) is 1. The SMILES string of the molecule is CCOC1CC(NC(=O)Cc2c[nH]c3ccccc23)(C(=O)O)C1(C)C. The largest absolute Gasteiger partial charge is 0.479 e. The number of nitrogens with one attached hydrogen (secondary N) is 2. The van der Waals surface area contributed by atoms with Crippen molar-refractivity contribution in [1.29, 1.82) is 0 Å². The highest BCUT2D eigenvalue weighted by atomic mass is 16.5. The number of H-pyrrole nitrogens is 1. The van der Waals surface area contributed by atoms with E-state index in [1.165, 1.54) is 0 Å². The summed E-state index contributed by atoms with van der Waals surface area (Å²) in [6.45, 7) is 6.06. The zero-order valence-electron chi connectivity index (χ0n) is 14.8. The lowest BCUT2D eigenvalue weighted by Gasteiger charge is -2.58. The fraction of sp³-hybridized carbons (Fsp3) is 0.474. The number of aliphatic carboxylic acids is 1. The molecule has 1 aliphatic rings. The molecule has 1 saturated carbocycles. The molecule has 25 heavy (non-hydrogen) atoms. The molecule has 0 radical (unpaired) electrons. The number of aromatic nitrogens is 1. The monoisotopic (exact) mass is 344 g/mol. The van der Waals surface area contributed by atoms with E-state index in [2.05, 4.69) is 10.3 Å². The van der Waals surface area contributed by atoms with Crippen molar-refractivity contribution in [2.45, 2.75) is 45.3 Å². The summed E-state index contributed by atoms with van der Waals surface area (Å²) in [6.07, 6.45) is 2.03. The lowest BCUT2D eigenvalue weighted by atomic mass is 9.54. The second kappa shape index (κ2) is 6.19. The van der Waals surface area contributed by atoms with Crippen LogP contribution in [0.4, 0.5) is 0 Å². The predicted molar refractivity (Wildman–Crippen MR) is 94.3 cm³/mol. The number of fused-ring (bicyclic) bond motifs is 1. The quantitative estimate of drug-likeness (QED) is 0.751. The van der Waals surface area contributed by atoms with Crippen LogP contribution in [0.5, 0.6) is 0 Å². The first-order valence-electron chi connectivity index (χ1n) is 8.53. The molecule has 1 amide bonds. The number of aromatic amines is 1. The summed E-state index contributed by atoms with van der Waals surface area (Å²) < 4.78 is 5.62. The third-order valence-corrected chi connectivity index (χ3v) is 5.51. The molecule has 3 N–H and O–H groups in total. The van der Waals surface area contributed by atoms with Crippen molar-refractivity contribution in [2.75, 3.05) is 6.61 Å². The van der Waals surface area contributed by atoms with Gasteiger partial charge in [-0.1, -0.05) is 32.0 Å². The molecule has 6 heteroatoms. The predicted octanol–water partition coefficient (Wildman–Crippen LogP) is 2.49. The van der Waals surface area contributed by atoms with Gasteiger partial charge in [-0.05, 0) is 18.6 Å². The second-order valence-corrected chi connectivity index (χ2v) is 7.16. The minimum Gasteiger partial charge on any atom is -0.479 e. The van der Waals surface area contributed by atoms with E-state index in [9.17, 15) is 14.7 Å². The Morgan fingerprint density at radius 1 is 1.36 bits per heavy atom. The van der Waals surface area contributed by atoms with Crippen LogP contribution in [0.3, 0.4) is 0 Å². The van der Waals surface area contributed by atoms with Crippen LogP contribution in [0.15, 0.2) is 30.5 Å². The lowest BCUT2D eigenvalue weighted by molar-refractivity contribution is -0.194. The van der Waals surface area contributed by atoms with E-state index in [4.69, 9.17) is 4.74 Å². The molecule has 2 unspecified atom stereocenters. The highest BCUT2D eigenvalue weighted by Gasteiger charge is 2.66. The van der Waals surface area contributed by atoms with Gasteiger partial charge in [0.2, 0.25) is 5.91 Å². The van der Waals surface area contributed by atoms with Gasteiger partial charge in [0.05, 0.1) is 12.5 Å². The molecule has 0 bridgehead atoms. The summed E-state index contributed by atoms with van der Waals surface area (Å²) in [5.41, 5.74) is -0.161. The standard InChI is InChI=1S/C19H24N2O4/c1-4-25-15-10-19(17(23)24,18(15,2)3)21-16(22)9-12-11-20-14-8-6-5-7-13(12)14/h5-8,11,15,20H,4,9-10H2,1-3H3,(H,21,22)(H,23,24). The molecule has 2 aromatic rings. The first-order valence-corrected chi connectivity index (χ1v) is 8.53. The van der Waals surface area contributed by atoms with Crippen LogP contribution in [0.2, 0.25) is 0 Å². The summed E-state index contributed by atoms with van der Waals surface area (Å²) in [6, 6.07) is 7.72. The molecule has 1 fully saturated rings. The van der Waals surface area contributed by atoms with Crippen molar-refractivity contribution in [3.05, 3.63) is 36.0 Å². The number of rotatable bonds is 6. The summed E-state index contributed by atoms with van der Waals surface area (Å²) >= 11 is 0. The average Bonchev–Trinajstić information content (AvgIpc) is 2.96. The molecule has 2 atom stereocenters. The van der Waals surface area contributed by atoms with Crippen LogP contribution in [0.25, 0.3) is 10.9 Å². The number of para-hydroxylation sites is 1. The molecule has 3 rings (SSSR count). The van der Waals surface area contributed by atoms with Crippen molar-refractivity contribution in [3.63, 3.8) is 0 Å². The maximum atomic E-state index is 12.6. The summed E-state index contributed by atoms with van der Waals surface area (Å²) in [4.78, 5) is 27.7. The van der Waals surface area contributed by atoms with E-state index in [1.807, 2.05) is 45.0 Å². The minimum absolute atomic E-state index is 0.133. The molecule has 0 spiro atoms. The van der Waals surface area contributed by atoms with Gasteiger partial charge < -0.3 is 20.1 Å². The number of benzene rings is 1. The maximum absolute atomic E-state index is 12.6. The highest BCUT2D eigenvalue weighted by Crippen LogP contribution is 2.51. The number of carboxylic acids is 1. The lowest BCUT2D eigenvalue weighted by Crippen LogP contribution is -2.76. The Morgan fingerprint density at radius 3 is 2.72 bits per heavy atom. The van der Waals surface area contributed by atoms with Gasteiger partial charge in [0.15, 0.2) is 0 Å². The summed E-state index contributed by atoms with van der Waals surface area (Å²) in [7, 11) is 0. The molecule has 1 heterocycles. The van der Waals surface area contributed by atoms with Crippen LogP contribution in [-0.2, 0) is 20.7 Å². The molecule has 134 valence electrons. The van der Waals surface area contributed by atoms with E-state index in [1.54, 1.807) is 6.20 Å². The third kappa shape index (κ3) is 2.70. The normalized spacial score (nSPS) is 24.7. The number of carbonyl (C=O) groups excluding carboxylic acids is 1. The topological polar surface area (TPSA) is 91.4 Å². The van der Waals surface area contributed by atoms with Crippen LogP contribution >= 0.6 is 0 Å². The Balaban J connectivity index is 1.78. The van der Waals surface area contributed by atoms with Gasteiger partial charge in [0.1, 0.15) is 5.54 Å². The smallest absolute Gasteiger partial charge is 0.330 e. The van der Waals surface area contributed by atoms with Crippen LogP contribution in [-0.4, -0.2) is 40.2 Å². The van der Waals surface area contributed by atoms with Crippen LogP contribution in [0, 0.1) is 5.41 Å². The highest BCUT2D eigenvalue weighted by molar-refractivity contribution is 5.93. The number of amides is 1. The fourth-order valence-electron chi connectivity index (χ4n) is 3.77. The van der Waals surface area contributed by atoms with Crippen molar-refractivity contribution >= 4 is 22.8 Å². The molecule has 0 aliphatic heterocycles. The Kier molecular flexibility index (Phi) is 4.33. The maximum Gasteiger partial charge on any atom is 0.330 e. The van der Waals surface area contributed by atoms with Gasteiger partial charge in [-0.25, -0.2) is 4.79 Å². The number of ether oxygens (including phenoxy) is 1. The zero-order valence-corrected chi connectivity index (χ0v) is 14.8. The van der Waals surface area contributed by atoms with Gasteiger partial charge in [0, 0.05) is 35.5 Å². The van der Waals surface area contributed by atoms with Gasteiger partial charge in [-0.3, -0.25) is 4.79 Å². The van der Waals surface area contributed by atoms with Gasteiger partial charge in [-0.2, -0.15) is 0 Å². The Labute approximate surface area is 146 Å². The zero-order chi connectivity index (χ0) is 18.2. The molecular weight excluding hydrogens is 320 g/mol. The van der Waals surface area contributed by atoms with Gasteiger partial charge in [0.25, 0.3) is 0 Å². The molecule has 1 aliphatic carbocycles. The Bertz CT molecular complexity index is 811. The van der Waals surface area contributed by atoms with E-state index < -0.39 is 16.9 Å². The third-order valence-electron chi connectivity index (χ3n) is 5.51. The van der Waals surface area contributed by atoms with Crippen molar-refractivity contribution < 1.29 is 19.4 Å². The van der Waals surface area contributed by atoms with Crippen LogP contribution < -0.4 is 5.32 Å². The van der Waals surface area contributed by atoms with Gasteiger partial charge >= 0.3 is 5.97 Å². The van der Waals surface area contributed by atoms with E-state index in [0.717, 1.165) is 16.5 Å². The average molecular weight is 344 g/mol. The summed E-state index contributed by atoms with van der Waals surface area (Å²) in [5, 5.41) is 13.5. The van der Waals surface area contributed by atoms with Crippen molar-refractivity contribution in [3.8, 4) is 0 Å². The molecule has 0 saturated heterocycles. The number of hydrogen-bond donors (Lipinski definition) is 3. The van der Waals surface area contributed by atoms with E-state index in [0.29, 0.717) is 6.61 Å². The summed E-state index contributed by atoms with van der Waals surface area (Å²) in [5.74, 6) is -1.31. The van der Waals surface area contributed by atoms with E-state index >= 15 is 0 Å². The number of hydrogen-bond acceptors (Lipinski definition) is 3. The van der Waals surface area contributed by atoms with Gasteiger partial charge in [-0.15, -0.1) is 0 Å². The van der Waals surface area contributed by atoms with Crippen molar-refractivity contribution in [1.82, 2.24) is 10.3 Å². The molecule has 6 nitrogen and oxygen atoms in total. The molecular formula is C19H24N2O4. The first-order chi connectivity index (χ1) is 11.8. The molecule has 1 aromatic heterocycles. The molecule has 1 aromatic carbocycles. The first kappa shape index (κ1) is 17.5. The second-order valence-electron chi connectivity index (χ2n) is 7.16. The van der Waals surface area contributed by atoms with Crippen molar-refractivity contribution in [2.24, 2.45) is 5.41 Å². The Hall–Kier alpha value is -2.34. The number of carbonyl (C=O) groups is 2.